The first-order valence-corrected chi connectivity index (χ1v) is 4.36. The zero-order valence-corrected chi connectivity index (χ0v) is 9.21. The molecular weight excluding hydrogens is 256 g/mol. The van der Waals surface area contributed by atoms with Crippen LogP contribution in [0.5, 0.6) is 0 Å². The van der Waals surface area contributed by atoms with Crippen LogP contribution in [0.2, 0.25) is 0 Å². The lowest BCUT2D eigenvalue weighted by Crippen LogP contribution is -2.15. The predicted molar refractivity (Wildman–Crippen MR) is 54.6 cm³/mol. The maximum atomic E-state index is 9.33. The third-order valence-electron chi connectivity index (χ3n) is 0.949. The number of hydrogen-bond acceptors (Lipinski definition) is 8. The Labute approximate surface area is 101 Å². The van der Waals surface area contributed by atoms with E-state index in [4.69, 9.17) is 45.3 Å². The quantitative estimate of drug-likeness (QED) is 0.196. The van der Waals surface area contributed by atoms with Crippen molar-refractivity contribution in [1.82, 2.24) is 0 Å². The van der Waals surface area contributed by atoms with Crippen LogP contribution in [0.1, 0.15) is 0 Å². The average Bonchev–Trinajstić information content (AvgIpc) is 2.37. The van der Waals surface area contributed by atoms with E-state index in [9.17, 15) is 4.79 Å². The summed E-state index contributed by atoms with van der Waals surface area (Å²) in [7, 11) is 0. The fourth-order valence-electron chi connectivity index (χ4n) is 0.101. The van der Waals surface area contributed by atoms with Crippen LogP contribution in [0.15, 0.2) is 0 Å². The van der Waals surface area contributed by atoms with Gasteiger partial charge in [-0.1, -0.05) is 0 Å². The summed E-state index contributed by atoms with van der Waals surface area (Å²) in [4.78, 5) is 27.5. The van der Waals surface area contributed by atoms with Crippen molar-refractivity contribution in [2.24, 2.45) is 0 Å². The van der Waals surface area contributed by atoms with Gasteiger partial charge in [0.25, 0.3) is 0 Å². The minimum atomic E-state index is -1.82. The molecule has 0 aliphatic rings. The van der Waals surface area contributed by atoms with Crippen LogP contribution in [0.25, 0.3) is 0 Å². The fraction of sp³-hybridized carbons (Fsp3) is 0.625. The molecule has 0 spiro atoms. The van der Waals surface area contributed by atoms with Gasteiger partial charge in [-0.15, -0.1) is 0 Å². The Kier molecular flexibility index (Phi) is 18.6. The maximum absolute atomic E-state index is 9.33. The Balaban J connectivity index is -0.000000187. The SMILES string of the molecule is O=C(O)C(=O)O.O=CC(O)CO.OCC(O)CO. The molecule has 1 atom stereocenters. The Morgan fingerprint density at radius 2 is 1.22 bits per heavy atom. The number of carboxylic acid groups (broad SMARTS) is 2. The highest BCUT2D eigenvalue weighted by atomic mass is 16.4. The predicted octanol–water partition coefficient (Wildman–Crippen LogP) is -3.97. The molecule has 108 valence electrons. The number of hydrogen-bond donors (Lipinski definition) is 7. The van der Waals surface area contributed by atoms with Gasteiger partial charge in [-0.05, 0) is 0 Å². The minimum Gasteiger partial charge on any atom is -0.473 e. The average molecular weight is 272 g/mol. The number of aliphatic hydroxyl groups is 5. The highest BCUT2D eigenvalue weighted by molar-refractivity contribution is 6.27. The van der Waals surface area contributed by atoms with E-state index in [1.165, 1.54) is 0 Å². The zero-order valence-electron chi connectivity index (χ0n) is 9.21. The van der Waals surface area contributed by atoms with Crippen LogP contribution < -0.4 is 0 Å². The molecule has 0 radical (unpaired) electrons. The molecule has 0 aromatic rings. The molecule has 0 rings (SSSR count). The van der Waals surface area contributed by atoms with E-state index in [0.29, 0.717) is 0 Å². The van der Waals surface area contributed by atoms with E-state index in [0.717, 1.165) is 0 Å². The summed E-state index contributed by atoms with van der Waals surface area (Å²) >= 11 is 0. The summed E-state index contributed by atoms with van der Waals surface area (Å²) in [5.41, 5.74) is 0. The van der Waals surface area contributed by atoms with Crippen molar-refractivity contribution in [3.8, 4) is 0 Å². The van der Waals surface area contributed by atoms with Crippen molar-refractivity contribution < 1.29 is 50.1 Å². The molecule has 0 amide bonds. The molecule has 0 aliphatic carbocycles. The van der Waals surface area contributed by atoms with Gasteiger partial charge < -0.3 is 40.5 Å². The van der Waals surface area contributed by atoms with Gasteiger partial charge in [-0.2, -0.15) is 0 Å². The van der Waals surface area contributed by atoms with E-state index >= 15 is 0 Å². The van der Waals surface area contributed by atoms with Gasteiger partial charge >= 0.3 is 11.9 Å². The van der Waals surface area contributed by atoms with Crippen LogP contribution in [0.3, 0.4) is 0 Å². The zero-order chi connectivity index (χ0) is 15.1. The van der Waals surface area contributed by atoms with E-state index in [1.807, 2.05) is 0 Å². The molecule has 0 fully saturated rings. The van der Waals surface area contributed by atoms with Gasteiger partial charge in [-0.25, -0.2) is 9.59 Å². The number of rotatable bonds is 4. The van der Waals surface area contributed by atoms with E-state index in [1.54, 1.807) is 0 Å². The Morgan fingerprint density at radius 3 is 1.22 bits per heavy atom. The summed E-state index contributed by atoms with van der Waals surface area (Å²) in [5.74, 6) is -3.65. The molecule has 0 saturated carbocycles. The third kappa shape index (κ3) is 23.9. The van der Waals surface area contributed by atoms with Crippen molar-refractivity contribution in [3.05, 3.63) is 0 Å². The van der Waals surface area contributed by atoms with Crippen LogP contribution in [0, 0.1) is 0 Å². The molecule has 0 heterocycles. The second kappa shape index (κ2) is 15.4. The van der Waals surface area contributed by atoms with Crippen molar-refractivity contribution in [3.63, 3.8) is 0 Å². The molecule has 0 saturated heterocycles. The van der Waals surface area contributed by atoms with Gasteiger partial charge in [0, 0.05) is 0 Å². The van der Waals surface area contributed by atoms with E-state index < -0.39 is 30.8 Å². The molecule has 0 aromatic heterocycles. The van der Waals surface area contributed by atoms with Crippen LogP contribution in [-0.4, -0.2) is 86.0 Å². The number of carbonyl (C=O) groups excluding carboxylic acids is 1. The van der Waals surface area contributed by atoms with Gasteiger partial charge in [-0.3, -0.25) is 0 Å². The molecule has 0 bridgehead atoms. The van der Waals surface area contributed by atoms with Crippen molar-refractivity contribution in [2.45, 2.75) is 12.2 Å². The minimum absolute atomic E-state index is 0.278. The molecule has 0 aromatic carbocycles. The molecule has 10 heteroatoms. The van der Waals surface area contributed by atoms with Crippen molar-refractivity contribution in [1.29, 1.82) is 0 Å². The molecule has 0 aliphatic heterocycles. The first-order valence-electron chi connectivity index (χ1n) is 4.36. The summed E-state index contributed by atoms with van der Waals surface area (Å²) in [5, 5.41) is 54.7. The Hall–Kier alpha value is -1.59. The van der Waals surface area contributed by atoms with Crippen LogP contribution in [0.4, 0.5) is 0 Å². The molecule has 7 N–H and O–H groups in total. The highest BCUT2D eigenvalue weighted by Crippen LogP contribution is 1.71. The second-order valence-electron chi connectivity index (χ2n) is 2.52. The summed E-state index contributed by atoms with van der Waals surface area (Å²) in [6, 6.07) is 0. The van der Waals surface area contributed by atoms with Gasteiger partial charge in [0.05, 0.1) is 19.8 Å². The lowest BCUT2D eigenvalue weighted by molar-refractivity contribution is -0.159. The summed E-state index contributed by atoms with van der Waals surface area (Å²) in [6.45, 7) is -1.21. The lowest BCUT2D eigenvalue weighted by Gasteiger charge is -1.96. The molecule has 18 heavy (non-hydrogen) atoms. The number of aldehydes is 1. The first kappa shape index (κ1) is 21.7. The summed E-state index contributed by atoms with van der Waals surface area (Å²) in [6.07, 6.45) is -1.87. The lowest BCUT2D eigenvalue weighted by atomic mass is 10.4. The monoisotopic (exact) mass is 272 g/mol. The smallest absolute Gasteiger partial charge is 0.414 e. The second-order valence-corrected chi connectivity index (χ2v) is 2.52. The van der Waals surface area contributed by atoms with Gasteiger partial charge in [0.2, 0.25) is 0 Å². The van der Waals surface area contributed by atoms with Crippen LogP contribution >= 0.6 is 0 Å². The standard InChI is InChI=1S/C3H8O3.C3H6O3.C2H2O4/c2*4-1-3(6)2-5;3-1(4)2(5)6/h3-6H,1-2H2;1,3,5-6H,2H2;(H,3,4)(H,5,6). The van der Waals surface area contributed by atoms with Crippen molar-refractivity contribution >= 4 is 18.2 Å². The van der Waals surface area contributed by atoms with E-state index in [-0.39, 0.29) is 19.5 Å². The molecule has 1 unspecified atom stereocenters. The number of aliphatic hydroxyl groups excluding tert-OH is 5. The molecule has 10 nitrogen and oxygen atoms in total. The summed E-state index contributed by atoms with van der Waals surface area (Å²) < 4.78 is 0. The van der Waals surface area contributed by atoms with E-state index in [2.05, 4.69) is 0 Å². The molecular formula is C8H16O10. The first-order chi connectivity index (χ1) is 8.26. The topological polar surface area (TPSA) is 193 Å². The third-order valence-corrected chi connectivity index (χ3v) is 0.949. The Bertz CT molecular complexity index is 212. The fourth-order valence-corrected chi connectivity index (χ4v) is 0.101. The number of carbonyl (C=O) groups is 3. The number of aliphatic carboxylic acids is 2. The van der Waals surface area contributed by atoms with Gasteiger partial charge in [0.1, 0.15) is 12.2 Å². The van der Waals surface area contributed by atoms with Crippen molar-refractivity contribution in [2.75, 3.05) is 19.8 Å². The Morgan fingerprint density at radius 1 is 0.889 bits per heavy atom. The largest absolute Gasteiger partial charge is 0.473 e. The van der Waals surface area contributed by atoms with Gasteiger partial charge in [0.15, 0.2) is 6.29 Å². The van der Waals surface area contributed by atoms with Crippen LogP contribution in [-0.2, 0) is 14.4 Å². The highest BCUT2D eigenvalue weighted by Gasteiger charge is 2.04. The number of carboxylic acids is 2. The normalized spacial score (nSPS) is 10.3. The maximum Gasteiger partial charge on any atom is 0.414 e.